The predicted molar refractivity (Wildman–Crippen MR) is 79.0 cm³/mol. The Kier molecular flexibility index (Phi) is 9.17. The standard InChI is InChI=1S/C15H33B/c1-5-7-8-9-10-11-13-15(16,12-6-2)14(3)4/h14H,5-13,16H2,1-4H3. The van der Waals surface area contributed by atoms with Crippen molar-refractivity contribution in [2.75, 3.05) is 0 Å². The molecule has 0 aliphatic heterocycles. The second-order valence-electron chi connectivity index (χ2n) is 6.08. The van der Waals surface area contributed by atoms with Crippen molar-refractivity contribution in [3.05, 3.63) is 0 Å². The van der Waals surface area contributed by atoms with E-state index in [-0.39, 0.29) is 0 Å². The molecule has 0 aromatic heterocycles. The van der Waals surface area contributed by atoms with Crippen LogP contribution in [0.3, 0.4) is 0 Å². The van der Waals surface area contributed by atoms with Gasteiger partial charge in [-0.15, -0.1) is 0 Å². The number of rotatable bonds is 10. The summed E-state index contributed by atoms with van der Waals surface area (Å²) >= 11 is 0. The molecule has 0 aliphatic carbocycles. The van der Waals surface area contributed by atoms with E-state index in [2.05, 4.69) is 35.5 Å². The molecule has 0 amide bonds. The third-order valence-electron chi connectivity index (χ3n) is 4.32. The van der Waals surface area contributed by atoms with Crippen LogP contribution in [-0.2, 0) is 0 Å². The van der Waals surface area contributed by atoms with Gasteiger partial charge in [0.25, 0.3) is 0 Å². The number of unbranched alkanes of at least 4 members (excludes halogenated alkanes) is 5. The molecule has 0 nitrogen and oxygen atoms in total. The topological polar surface area (TPSA) is 0 Å². The number of hydrogen-bond donors (Lipinski definition) is 0. The first kappa shape index (κ1) is 16.1. The minimum atomic E-state index is 0.597. The Morgan fingerprint density at radius 1 is 0.812 bits per heavy atom. The van der Waals surface area contributed by atoms with Gasteiger partial charge in [0.15, 0.2) is 0 Å². The zero-order chi connectivity index (χ0) is 12.4. The van der Waals surface area contributed by atoms with E-state index in [1.165, 1.54) is 57.8 Å². The van der Waals surface area contributed by atoms with E-state index in [1.54, 1.807) is 0 Å². The van der Waals surface area contributed by atoms with E-state index in [1.807, 2.05) is 0 Å². The van der Waals surface area contributed by atoms with E-state index in [0.717, 1.165) is 5.92 Å². The van der Waals surface area contributed by atoms with Gasteiger partial charge in [0.2, 0.25) is 0 Å². The molecule has 0 heterocycles. The van der Waals surface area contributed by atoms with Crippen molar-refractivity contribution in [3.8, 4) is 0 Å². The molecule has 0 aromatic rings. The van der Waals surface area contributed by atoms with Crippen molar-refractivity contribution in [1.29, 1.82) is 0 Å². The van der Waals surface area contributed by atoms with Crippen LogP contribution in [0.15, 0.2) is 0 Å². The molecule has 0 saturated heterocycles. The second kappa shape index (κ2) is 9.13. The Bertz CT molecular complexity index is 154. The maximum Gasteiger partial charge on any atom is 0.109 e. The average Bonchev–Trinajstić information content (AvgIpc) is 2.23. The van der Waals surface area contributed by atoms with Crippen molar-refractivity contribution >= 4 is 7.85 Å². The summed E-state index contributed by atoms with van der Waals surface area (Å²) in [5.41, 5.74) is 0. The Morgan fingerprint density at radius 3 is 1.88 bits per heavy atom. The van der Waals surface area contributed by atoms with Crippen LogP contribution in [0, 0.1) is 5.92 Å². The van der Waals surface area contributed by atoms with E-state index >= 15 is 0 Å². The summed E-state index contributed by atoms with van der Waals surface area (Å²) in [6, 6.07) is 0. The first-order chi connectivity index (χ1) is 7.56. The van der Waals surface area contributed by atoms with Gasteiger partial charge in [-0.1, -0.05) is 90.8 Å². The lowest BCUT2D eigenvalue weighted by Gasteiger charge is -2.34. The van der Waals surface area contributed by atoms with Crippen LogP contribution in [0.2, 0.25) is 5.31 Å². The van der Waals surface area contributed by atoms with E-state index in [9.17, 15) is 0 Å². The third kappa shape index (κ3) is 6.61. The second-order valence-corrected chi connectivity index (χ2v) is 6.08. The molecule has 0 aromatic carbocycles. The summed E-state index contributed by atoms with van der Waals surface area (Å²) in [6.45, 7) is 9.40. The summed E-state index contributed by atoms with van der Waals surface area (Å²) in [6.07, 6.45) is 12.8. The van der Waals surface area contributed by atoms with Crippen molar-refractivity contribution in [3.63, 3.8) is 0 Å². The molecular weight excluding hydrogens is 191 g/mol. The van der Waals surface area contributed by atoms with Crippen molar-refractivity contribution in [1.82, 2.24) is 0 Å². The fourth-order valence-electron chi connectivity index (χ4n) is 2.58. The molecule has 96 valence electrons. The van der Waals surface area contributed by atoms with Crippen molar-refractivity contribution < 1.29 is 0 Å². The van der Waals surface area contributed by atoms with Crippen molar-refractivity contribution in [2.45, 2.75) is 90.8 Å². The average molecular weight is 224 g/mol. The van der Waals surface area contributed by atoms with Gasteiger partial charge in [0, 0.05) is 0 Å². The Labute approximate surface area is 105 Å². The van der Waals surface area contributed by atoms with Crippen LogP contribution in [0.5, 0.6) is 0 Å². The lowest BCUT2D eigenvalue weighted by molar-refractivity contribution is 0.344. The van der Waals surface area contributed by atoms with Gasteiger partial charge in [0.05, 0.1) is 0 Å². The van der Waals surface area contributed by atoms with Crippen LogP contribution in [0.1, 0.15) is 85.5 Å². The normalized spacial score (nSPS) is 15.3. The summed E-state index contributed by atoms with van der Waals surface area (Å²) in [4.78, 5) is 0. The highest BCUT2D eigenvalue weighted by Crippen LogP contribution is 2.42. The van der Waals surface area contributed by atoms with Gasteiger partial charge in [-0.3, -0.25) is 0 Å². The molecule has 1 atom stereocenters. The molecule has 0 fully saturated rings. The molecule has 0 bridgehead atoms. The minimum Gasteiger partial charge on any atom is -0.0654 e. The number of hydrogen-bond acceptors (Lipinski definition) is 0. The quantitative estimate of drug-likeness (QED) is 0.362. The zero-order valence-electron chi connectivity index (χ0n) is 12.4. The van der Waals surface area contributed by atoms with Gasteiger partial charge in [-0.2, -0.15) is 0 Å². The van der Waals surface area contributed by atoms with Crippen LogP contribution in [0.25, 0.3) is 0 Å². The van der Waals surface area contributed by atoms with Crippen LogP contribution in [0.4, 0.5) is 0 Å². The fraction of sp³-hybridized carbons (Fsp3) is 1.00. The molecule has 0 radical (unpaired) electrons. The first-order valence-corrected chi connectivity index (χ1v) is 7.56. The molecule has 16 heavy (non-hydrogen) atoms. The van der Waals surface area contributed by atoms with E-state index < -0.39 is 0 Å². The van der Waals surface area contributed by atoms with E-state index in [0.29, 0.717) is 5.31 Å². The highest BCUT2D eigenvalue weighted by atomic mass is 14.3. The largest absolute Gasteiger partial charge is 0.109 e. The fourth-order valence-corrected chi connectivity index (χ4v) is 2.58. The summed E-state index contributed by atoms with van der Waals surface area (Å²) in [7, 11) is 2.49. The monoisotopic (exact) mass is 224 g/mol. The minimum absolute atomic E-state index is 0.597. The molecule has 1 unspecified atom stereocenters. The maximum absolute atomic E-state index is 2.49. The molecular formula is C15H33B. The molecule has 1 heteroatoms. The SMILES string of the molecule is BC(CCC)(CCCCCCCC)C(C)C. The predicted octanol–water partition coefficient (Wildman–Crippen LogP) is 4.98. The zero-order valence-corrected chi connectivity index (χ0v) is 12.4. The summed E-state index contributed by atoms with van der Waals surface area (Å²) in [5, 5.41) is 0.597. The lowest BCUT2D eigenvalue weighted by atomic mass is 9.57. The highest BCUT2D eigenvalue weighted by Gasteiger charge is 2.26. The van der Waals surface area contributed by atoms with Gasteiger partial charge < -0.3 is 0 Å². The van der Waals surface area contributed by atoms with Gasteiger partial charge in [0.1, 0.15) is 7.85 Å². The van der Waals surface area contributed by atoms with Crippen LogP contribution >= 0.6 is 0 Å². The summed E-state index contributed by atoms with van der Waals surface area (Å²) < 4.78 is 0. The third-order valence-corrected chi connectivity index (χ3v) is 4.32. The Morgan fingerprint density at radius 2 is 1.38 bits per heavy atom. The summed E-state index contributed by atoms with van der Waals surface area (Å²) in [5.74, 6) is 0.836. The molecule has 0 N–H and O–H groups in total. The van der Waals surface area contributed by atoms with Gasteiger partial charge in [-0.25, -0.2) is 0 Å². The lowest BCUT2D eigenvalue weighted by Crippen LogP contribution is -2.19. The molecule has 0 aliphatic rings. The van der Waals surface area contributed by atoms with Crippen LogP contribution in [-0.4, -0.2) is 7.85 Å². The first-order valence-electron chi connectivity index (χ1n) is 7.56. The Balaban J connectivity index is 3.68. The molecule has 0 spiro atoms. The van der Waals surface area contributed by atoms with E-state index in [4.69, 9.17) is 0 Å². The van der Waals surface area contributed by atoms with Gasteiger partial charge >= 0.3 is 0 Å². The van der Waals surface area contributed by atoms with Gasteiger partial charge in [-0.05, 0) is 5.92 Å². The smallest absolute Gasteiger partial charge is 0.0654 e. The highest BCUT2D eigenvalue weighted by molar-refractivity contribution is 6.15. The van der Waals surface area contributed by atoms with Crippen LogP contribution < -0.4 is 0 Å². The molecule has 0 rings (SSSR count). The maximum atomic E-state index is 2.49. The molecule has 0 saturated carbocycles. The Hall–Kier alpha value is 0.0649. The van der Waals surface area contributed by atoms with Crippen molar-refractivity contribution in [2.24, 2.45) is 5.92 Å².